The Morgan fingerprint density at radius 1 is 1.22 bits per heavy atom. The highest BCUT2D eigenvalue weighted by Crippen LogP contribution is 2.30. The lowest BCUT2D eigenvalue weighted by Gasteiger charge is -2.13. The second-order valence-corrected chi connectivity index (χ2v) is 4.42. The highest BCUT2D eigenvalue weighted by Gasteiger charge is 2.08. The predicted molar refractivity (Wildman–Crippen MR) is 73.4 cm³/mol. The van der Waals surface area contributed by atoms with Gasteiger partial charge in [0.1, 0.15) is 5.75 Å². The van der Waals surface area contributed by atoms with Crippen LogP contribution in [-0.2, 0) is 6.61 Å². The van der Waals surface area contributed by atoms with Gasteiger partial charge in [-0.05, 0) is 25.3 Å². The second-order valence-electron chi connectivity index (χ2n) is 4.01. The molecule has 0 aliphatic carbocycles. The van der Waals surface area contributed by atoms with Crippen molar-refractivity contribution in [2.75, 3.05) is 25.6 Å². The molecule has 0 heterocycles. The number of hydrogen-bond acceptors (Lipinski definition) is 4. The minimum atomic E-state index is -0.0975. The van der Waals surface area contributed by atoms with Gasteiger partial charge in [-0.3, -0.25) is 0 Å². The Bertz CT molecular complexity index is 371. The van der Waals surface area contributed by atoms with E-state index in [2.05, 4.69) is 5.32 Å². The summed E-state index contributed by atoms with van der Waals surface area (Å²) in [5, 5.41) is 21.6. The fourth-order valence-electron chi connectivity index (χ4n) is 1.68. The summed E-state index contributed by atoms with van der Waals surface area (Å²) in [6, 6.07) is 3.50. The third-order valence-corrected chi connectivity index (χ3v) is 3.00. The second kappa shape index (κ2) is 8.19. The first-order valence-corrected chi connectivity index (χ1v) is 6.42. The molecule has 1 aromatic carbocycles. The average Bonchev–Trinajstić information content (AvgIpc) is 2.39. The summed E-state index contributed by atoms with van der Waals surface area (Å²) in [4.78, 5) is 0. The van der Waals surface area contributed by atoms with Crippen LogP contribution in [0.2, 0.25) is 5.02 Å². The minimum absolute atomic E-state index is 0.0975. The van der Waals surface area contributed by atoms with Gasteiger partial charge in [-0.15, -0.1) is 0 Å². The topological polar surface area (TPSA) is 61.7 Å². The van der Waals surface area contributed by atoms with Crippen molar-refractivity contribution in [2.24, 2.45) is 0 Å². The van der Waals surface area contributed by atoms with Gasteiger partial charge in [0, 0.05) is 24.8 Å². The van der Waals surface area contributed by atoms with E-state index < -0.39 is 0 Å². The van der Waals surface area contributed by atoms with Crippen molar-refractivity contribution in [2.45, 2.75) is 25.9 Å². The number of nitrogens with one attached hydrogen (secondary N) is 1. The molecule has 102 valence electrons. The number of anilines is 1. The molecule has 0 unspecified atom stereocenters. The molecular weight excluding hydrogens is 254 g/mol. The number of unbranched alkanes of at least 4 members (excludes halogenated alkanes) is 2. The molecule has 0 fully saturated rings. The fraction of sp³-hybridized carbons (Fsp3) is 0.538. The maximum atomic E-state index is 9.16. The zero-order valence-corrected chi connectivity index (χ0v) is 11.3. The molecule has 4 nitrogen and oxygen atoms in total. The number of ether oxygens (including phenoxy) is 1. The molecule has 1 rings (SSSR count). The van der Waals surface area contributed by atoms with Crippen LogP contribution in [0.5, 0.6) is 5.75 Å². The Labute approximate surface area is 113 Å². The molecule has 0 aliphatic heterocycles. The minimum Gasteiger partial charge on any atom is -0.496 e. The van der Waals surface area contributed by atoms with E-state index in [1.165, 1.54) is 0 Å². The number of rotatable bonds is 8. The van der Waals surface area contributed by atoms with E-state index >= 15 is 0 Å². The van der Waals surface area contributed by atoms with Gasteiger partial charge in [0.05, 0.1) is 24.4 Å². The summed E-state index contributed by atoms with van der Waals surface area (Å²) in [6.45, 7) is 0.931. The van der Waals surface area contributed by atoms with Crippen molar-refractivity contribution >= 4 is 17.3 Å². The van der Waals surface area contributed by atoms with Crippen LogP contribution in [0.15, 0.2) is 12.1 Å². The van der Waals surface area contributed by atoms with Gasteiger partial charge in [-0.25, -0.2) is 0 Å². The van der Waals surface area contributed by atoms with Crippen LogP contribution in [0.3, 0.4) is 0 Å². The van der Waals surface area contributed by atoms with Crippen LogP contribution >= 0.6 is 11.6 Å². The maximum Gasteiger partial charge on any atom is 0.126 e. The van der Waals surface area contributed by atoms with E-state index in [4.69, 9.17) is 26.6 Å². The van der Waals surface area contributed by atoms with Gasteiger partial charge in [0.15, 0.2) is 0 Å². The zero-order valence-electron chi connectivity index (χ0n) is 10.6. The fourth-order valence-corrected chi connectivity index (χ4v) is 1.93. The monoisotopic (exact) mass is 273 g/mol. The molecule has 0 aliphatic rings. The lowest BCUT2D eigenvalue weighted by Crippen LogP contribution is -2.03. The molecule has 3 N–H and O–H groups in total. The average molecular weight is 274 g/mol. The Morgan fingerprint density at radius 3 is 2.61 bits per heavy atom. The maximum absolute atomic E-state index is 9.16. The van der Waals surface area contributed by atoms with Gasteiger partial charge in [-0.2, -0.15) is 0 Å². The van der Waals surface area contributed by atoms with E-state index in [0.29, 0.717) is 16.3 Å². The molecule has 0 saturated carbocycles. The SMILES string of the molecule is COc1cc(NCCCCCO)c(Cl)cc1CO. The first-order chi connectivity index (χ1) is 8.72. The normalized spacial score (nSPS) is 10.4. The van der Waals surface area contributed by atoms with Gasteiger partial charge in [-0.1, -0.05) is 11.6 Å². The Morgan fingerprint density at radius 2 is 2.00 bits per heavy atom. The molecule has 18 heavy (non-hydrogen) atoms. The summed E-state index contributed by atoms with van der Waals surface area (Å²) in [5.41, 5.74) is 1.48. The largest absolute Gasteiger partial charge is 0.496 e. The molecular formula is C13H20ClNO3. The van der Waals surface area contributed by atoms with Crippen LogP contribution in [0, 0.1) is 0 Å². The van der Waals surface area contributed by atoms with Gasteiger partial charge in [0.2, 0.25) is 0 Å². The smallest absolute Gasteiger partial charge is 0.126 e. The van der Waals surface area contributed by atoms with Crippen LogP contribution < -0.4 is 10.1 Å². The number of benzene rings is 1. The number of methoxy groups -OCH3 is 1. The lowest BCUT2D eigenvalue weighted by molar-refractivity contribution is 0.274. The number of halogens is 1. The number of aliphatic hydroxyl groups is 2. The Balaban J connectivity index is 2.59. The van der Waals surface area contributed by atoms with Crippen LogP contribution in [0.1, 0.15) is 24.8 Å². The molecule has 0 aromatic heterocycles. The van der Waals surface area contributed by atoms with Crippen molar-refractivity contribution in [3.8, 4) is 5.75 Å². The van der Waals surface area contributed by atoms with Crippen molar-refractivity contribution in [3.63, 3.8) is 0 Å². The molecule has 0 atom stereocenters. The van der Waals surface area contributed by atoms with Gasteiger partial charge >= 0.3 is 0 Å². The first kappa shape index (κ1) is 15.1. The Hall–Kier alpha value is -0.970. The summed E-state index contributed by atoms with van der Waals surface area (Å²) in [5.74, 6) is 0.625. The Kier molecular flexibility index (Phi) is 6.86. The zero-order chi connectivity index (χ0) is 13.4. The molecule has 0 bridgehead atoms. The lowest BCUT2D eigenvalue weighted by atomic mass is 10.2. The number of aliphatic hydroxyl groups excluding tert-OH is 2. The number of hydrogen-bond donors (Lipinski definition) is 3. The highest BCUT2D eigenvalue weighted by molar-refractivity contribution is 6.33. The summed E-state index contributed by atoms with van der Waals surface area (Å²) >= 11 is 6.11. The quantitative estimate of drug-likeness (QED) is 0.637. The summed E-state index contributed by atoms with van der Waals surface area (Å²) in [6.07, 6.45) is 2.77. The molecule has 0 saturated heterocycles. The van der Waals surface area contributed by atoms with Crippen molar-refractivity contribution in [3.05, 3.63) is 22.7 Å². The molecule has 0 amide bonds. The first-order valence-electron chi connectivity index (χ1n) is 6.05. The molecule has 5 heteroatoms. The third kappa shape index (κ3) is 4.37. The van der Waals surface area contributed by atoms with Gasteiger partial charge < -0.3 is 20.3 Å². The predicted octanol–water partition coefficient (Wildman–Crippen LogP) is 2.42. The van der Waals surface area contributed by atoms with Crippen LogP contribution in [0.25, 0.3) is 0 Å². The van der Waals surface area contributed by atoms with Gasteiger partial charge in [0.25, 0.3) is 0 Å². The van der Waals surface area contributed by atoms with Crippen molar-refractivity contribution in [1.82, 2.24) is 0 Å². The van der Waals surface area contributed by atoms with E-state index in [-0.39, 0.29) is 13.2 Å². The van der Waals surface area contributed by atoms with Crippen LogP contribution in [0.4, 0.5) is 5.69 Å². The van der Waals surface area contributed by atoms with E-state index in [1.54, 1.807) is 19.2 Å². The third-order valence-electron chi connectivity index (χ3n) is 2.69. The molecule has 0 spiro atoms. The van der Waals surface area contributed by atoms with E-state index in [9.17, 15) is 0 Å². The molecule has 1 aromatic rings. The summed E-state index contributed by atoms with van der Waals surface area (Å²) < 4.78 is 5.19. The van der Waals surface area contributed by atoms with Crippen LogP contribution in [-0.4, -0.2) is 30.5 Å². The summed E-state index contributed by atoms with van der Waals surface area (Å²) in [7, 11) is 1.56. The van der Waals surface area contributed by atoms with E-state index in [1.807, 2.05) is 0 Å². The van der Waals surface area contributed by atoms with Crippen molar-refractivity contribution in [1.29, 1.82) is 0 Å². The standard InChI is InChI=1S/C13H20ClNO3/c1-18-13-8-12(11(14)7-10(13)9-17)15-5-3-2-4-6-16/h7-8,15-17H,2-6,9H2,1H3. The molecule has 0 radical (unpaired) electrons. The van der Waals surface area contributed by atoms with Crippen molar-refractivity contribution < 1.29 is 14.9 Å². The van der Waals surface area contributed by atoms with E-state index in [0.717, 1.165) is 31.5 Å². The highest BCUT2D eigenvalue weighted by atomic mass is 35.5.